The van der Waals surface area contributed by atoms with E-state index in [1.54, 1.807) is 6.20 Å². The Balaban J connectivity index is 2.36. The molecule has 19 heavy (non-hydrogen) atoms. The van der Waals surface area contributed by atoms with Crippen molar-refractivity contribution in [2.45, 2.75) is 39.2 Å². The number of aromatic nitrogens is 1. The Morgan fingerprint density at radius 1 is 1.21 bits per heavy atom. The van der Waals surface area contributed by atoms with Crippen LogP contribution in [0, 0.1) is 0 Å². The normalized spacial score (nSPS) is 13.3. The minimum Gasteiger partial charge on any atom is -0.460 e. The number of ether oxygens (including phenoxy) is 1. The fourth-order valence-electron chi connectivity index (χ4n) is 2.02. The van der Waals surface area contributed by atoms with Crippen molar-refractivity contribution in [2.24, 2.45) is 0 Å². The van der Waals surface area contributed by atoms with Crippen LogP contribution in [0.15, 0.2) is 36.5 Å². The van der Waals surface area contributed by atoms with E-state index in [1.165, 1.54) is 0 Å². The number of carbonyl (C=O) groups is 1. The fourth-order valence-corrected chi connectivity index (χ4v) is 2.02. The van der Waals surface area contributed by atoms with E-state index in [9.17, 15) is 4.79 Å². The fraction of sp³-hybridized carbons (Fsp3) is 0.375. The quantitative estimate of drug-likeness (QED) is 0.770. The number of benzene rings is 1. The molecule has 1 unspecified atom stereocenters. The zero-order valence-corrected chi connectivity index (χ0v) is 11.8. The van der Waals surface area contributed by atoms with E-state index in [0.29, 0.717) is 0 Å². The van der Waals surface area contributed by atoms with Crippen molar-refractivity contribution in [1.29, 1.82) is 0 Å². The number of hydrogen-bond donors (Lipinski definition) is 0. The van der Waals surface area contributed by atoms with E-state index in [4.69, 9.17) is 4.74 Å². The molecule has 0 radical (unpaired) electrons. The van der Waals surface area contributed by atoms with E-state index in [2.05, 4.69) is 4.98 Å². The Labute approximate surface area is 113 Å². The molecule has 0 saturated carbocycles. The number of esters is 1. The van der Waals surface area contributed by atoms with Crippen molar-refractivity contribution < 1.29 is 9.53 Å². The Morgan fingerprint density at radius 2 is 1.95 bits per heavy atom. The summed E-state index contributed by atoms with van der Waals surface area (Å²) in [5.74, 6) is -0.504. The topological polar surface area (TPSA) is 39.2 Å². The third-order valence-corrected chi connectivity index (χ3v) is 2.91. The van der Waals surface area contributed by atoms with Crippen LogP contribution in [0.25, 0.3) is 10.9 Å². The van der Waals surface area contributed by atoms with Crippen LogP contribution in [0.3, 0.4) is 0 Å². The predicted molar refractivity (Wildman–Crippen MR) is 76.0 cm³/mol. The van der Waals surface area contributed by atoms with Gasteiger partial charge >= 0.3 is 5.97 Å². The second kappa shape index (κ2) is 5.00. The molecule has 3 heteroatoms. The van der Waals surface area contributed by atoms with Gasteiger partial charge in [0.25, 0.3) is 0 Å². The molecule has 0 N–H and O–H groups in total. The highest BCUT2D eigenvalue weighted by molar-refractivity contribution is 5.89. The van der Waals surface area contributed by atoms with Gasteiger partial charge in [0.1, 0.15) is 5.60 Å². The van der Waals surface area contributed by atoms with Crippen LogP contribution in [-0.4, -0.2) is 16.6 Å². The Bertz CT molecular complexity index is 594. The van der Waals surface area contributed by atoms with Crippen LogP contribution in [0.1, 0.15) is 39.2 Å². The largest absolute Gasteiger partial charge is 0.460 e. The number of nitrogens with zero attached hydrogens (tertiary/aromatic N) is 1. The third-order valence-electron chi connectivity index (χ3n) is 2.91. The van der Waals surface area contributed by atoms with Crippen LogP contribution in [0.5, 0.6) is 0 Å². The molecule has 1 aromatic heterocycles. The van der Waals surface area contributed by atoms with E-state index >= 15 is 0 Å². The number of carbonyl (C=O) groups excluding carboxylic acids is 1. The molecule has 0 aliphatic heterocycles. The molecule has 0 spiro atoms. The SMILES string of the molecule is CC(C(=O)OC(C)(C)C)c1cccc2ncccc12. The van der Waals surface area contributed by atoms with Gasteiger partial charge in [-0.15, -0.1) is 0 Å². The second-order valence-corrected chi connectivity index (χ2v) is 5.67. The lowest BCUT2D eigenvalue weighted by molar-refractivity contribution is -0.156. The average molecular weight is 257 g/mol. The third kappa shape index (κ3) is 3.11. The summed E-state index contributed by atoms with van der Waals surface area (Å²) >= 11 is 0. The van der Waals surface area contributed by atoms with Gasteiger partial charge in [-0.1, -0.05) is 18.2 Å². The van der Waals surface area contributed by atoms with Crippen molar-refractivity contribution in [3.05, 3.63) is 42.1 Å². The monoisotopic (exact) mass is 257 g/mol. The molecule has 0 aliphatic carbocycles. The van der Waals surface area contributed by atoms with Crippen molar-refractivity contribution in [2.75, 3.05) is 0 Å². The summed E-state index contributed by atoms with van der Waals surface area (Å²) in [7, 11) is 0. The molecule has 1 atom stereocenters. The number of pyridine rings is 1. The van der Waals surface area contributed by atoms with Gasteiger partial charge in [0.15, 0.2) is 0 Å². The van der Waals surface area contributed by atoms with Gasteiger partial charge in [0.05, 0.1) is 11.4 Å². The summed E-state index contributed by atoms with van der Waals surface area (Å²) in [6.07, 6.45) is 1.75. The van der Waals surface area contributed by atoms with Crippen LogP contribution >= 0.6 is 0 Å². The Hall–Kier alpha value is -1.90. The minimum absolute atomic E-state index is 0.205. The van der Waals surface area contributed by atoms with E-state index in [0.717, 1.165) is 16.5 Å². The maximum absolute atomic E-state index is 12.2. The first-order valence-electron chi connectivity index (χ1n) is 6.45. The Morgan fingerprint density at radius 3 is 2.63 bits per heavy atom. The standard InChI is InChI=1S/C16H19NO2/c1-11(15(18)19-16(2,3)4)12-7-5-9-14-13(12)8-6-10-17-14/h5-11H,1-4H3. The summed E-state index contributed by atoms with van der Waals surface area (Å²) in [4.78, 5) is 16.5. The minimum atomic E-state index is -0.464. The molecule has 2 aromatic rings. The van der Waals surface area contributed by atoms with Crippen LogP contribution < -0.4 is 0 Å². The molecule has 0 fully saturated rings. The molecule has 1 aromatic carbocycles. The summed E-state index contributed by atoms with van der Waals surface area (Å²) < 4.78 is 5.44. The van der Waals surface area contributed by atoms with Crippen LogP contribution in [-0.2, 0) is 9.53 Å². The molecular formula is C16H19NO2. The van der Waals surface area contributed by atoms with Crippen LogP contribution in [0.4, 0.5) is 0 Å². The number of rotatable bonds is 2. The lowest BCUT2D eigenvalue weighted by atomic mass is 9.96. The smallest absolute Gasteiger partial charge is 0.313 e. The van der Waals surface area contributed by atoms with Crippen molar-refractivity contribution in [1.82, 2.24) is 4.98 Å². The first-order chi connectivity index (χ1) is 8.88. The number of hydrogen-bond acceptors (Lipinski definition) is 3. The highest BCUT2D eigenvalue weighted by atomic mass is 16.6. The molecule has 0 saturated heterocycles. The maximum atomic E-state index is 12.2. The first-order valence-corrected chi connectivity index (χ1v) is 6.45. The molecule has 3 nitrogen and oxygen atoms in total. The van der Waals surface area contributed by atoms with Crippen LogP contribution in [0.2, 0.25) is 0 Å². The molecule has 1 heterocycles. The number of fused-ring (bicyclic) bond motifs is 1. The van der Waals surface area contributed by atoms with Gasteiger partial charge in [0.2, 0.25) is 0 Å². The lowest BCUT2D eigenvalue weighted by Gasteiger charge is -2.22. The van der Waals surface area contributed by atoms with E-state index < -0.39 is 5.60 Å². The van der Waals surface area contributed by atoms with Gasteiger partial charge < -0.3 is 4.74 Å². The van der Waals surface area contributed by atoms with E-state index in [-0.39, 0.29) is 11.9 Å². The Kier molecular flexibility index (Phi) is 3.56. The highest BCUT2D eigenvalue weighted by Gasteiger charge is 2.24. The average Bonchev–Trinajstić information content (AvgIpc) is 2.35. The molecule has 0 bridgehead atoms. The second-order valence-electron chi connectivity index (χ2n) is 5.67. The summed E-state index contributed by atoms with van der Waals surface area (Å²) in [5, 5.41) is 1.00. The predicted octanol–water partition coefficient (Wildman–Crippen LogP) is 3.68. The van der Waals surface area contributed by atoms with Gasteiger partial charge in [0, 0.05) is 11.6 Å². The van der Waals surface area contributed by atoms with Gasteiger partial charge in [-0.3, -0.25) is 9.78 Å². The molecule has 0 aliphatic rings. The maximum Gasteiger partial charge on any atom is 0.313 e. The summed E-state index contributed by atoms with van der Waals surface area (Å²) in [6.45, 7) is 7.50. The molecule has 100 valence electrons. The van der Waals surface area contributed by atoms with Crippen molar-refractivity contribution in [3.8, 4) is 0 Å². The van der Waals surface area contributed by atoms with Gasteiger partial charge in [-0.25, -0.2) is 0 Å². The summed E-state index contributed by atoms with van der Waals surface area (Å²) in [5.41, 5.74) is 1.39. The molecule has 0 amide bonds. The lowest BCUT2D eigenvalue weighted by Crippen LogP contribution is -2.26. The zero-order valence-electron chi connectivity index (χ0n) is 11.8. The first kappa shape index (κ1) is 13.5. The molecular weight excluding hydrogens is 238 g/mol. The summed E-state index contributed by atoms with van der Waals surface area (Å²) in [6, 6.07) is 9.69. The highest BCUT2D eigenvalue weighted by Crippen LogP contribution is 2.26. The van der Waals surface area contributed by atoms with Gasteiger partial charge in [-0.2, -0.15) is 0 Å². The van der Waals surface area contributed by atoms with E-state index in [1.807, 2.05) is 58.0 Å². The van der Waals surface area contributed by atoms with Crippen molar-refractivity contribution >= 4 is 16.9 Å². The van der Waals surface area contributed by atoms with Crippen molar-refractivity contribution in [3.63, 3.8) is 0 Å². The van der Waals surface area contributed by atoms with Gasteiger partial charge in [-0.05, 0) is 45.4 Å². The zero-order chi connectivity index (χ0) is 14.0. The molecule has 2 rings (SSSR count).